The number of nitrogens with one attached hydrogen (secondary N) is 1. The summed E-state index contributed by atoms with van der Waals surface area (Å²) in [5, 5.41) is 9.17. The van der Waals surface area contributed by atoms with Crippen molar-refractivity contribution in [1.82, 2.24) is 9.97 Å². The number of H-pyrrole nitrogens is 1. The molecule has 0 amide bonds. The minimum absolute atomic E-state index is 0.258. The first-order chi connectivity index (χ1) is 4.83. The topological polar surface area (TPSA) is 48.9 Å². The third-order valence-electron chi connectivity index (χ3n) is 1.46. The largest absolute Gasteiger partial charge is 0.393 e. The van der Waals surface area contributed by atoms with Gasteiger partial charge in [0.1, 0.15) is 5.82 Å². The van der Waals surface area contributed by atoms with Crippen LogP contribution in [0.2, 0.25) is 0 Å². The van der Waals surface area contributed by atoms with E-state index < -0.39 is 0 Å². The highest BCUT2D eigenvalue weighted by atomic mass is 16.3. The molecule has 10 heavy (non-hydrogen) atoms. The van der Waals surface area contributed by atoms with Gasteiger partial charge in [0.2, 0.25) is 0 Å². The molecule has 1 aromatic heterocycles. The summed E-state index contributed by atoms with van der Waals surface area (Å²) < 4.78 is 0. The van der Waals surface area contributed by atoms with Crippen molar-refractivity contribution in [3.8, 4) is 0 Å². The quantitative estimate of drug-likeness (QED) is 0.650. The van der Waals surface area contributed by atoms with E-state index in [4.69, 9.17) is 5.11 Å². The van der Waals surface area contributed by atoms with Crippen molar-refractivity contribution in [2.75, 3.05) is 0 Å². The van der Waals surface area contributed by atoms with Crippen molar-refractivity contribution in [1.29, 1.82) is 0 Å². The van der Waals surface area contributed by atoms with Crippen LogP contribution in [0.5, 0.6) is 0 Å². The molecule has 56 valence electrons. The molecule has 1 atom stereocenters. The summed E-state index contributed by atoms with van der Waals surface area (Å²) in [6.45, 7) is 1.95. The van der Waals surface area contributed by atoms with Gasteiger partial charge in [-0.25, -0.2) is 4.98 Å². The van der Waals surface area contributed by atoms with Gasteiger partial charge in [-0.3, -0.25) is 0 Å². The smallest absolute Gasteiger partial charge is 0.108 e. The molecule has 2 N–H and O–H groups in total. The minimum Gasteiger partial charge on any atom is -0.393 e. The second-order valence-corrected chi connectivity index (χ2v) is 2.30. The van der Waals surface area contributed by atoms with Gasteiger partial charge in [-0.15, -0.1) is 0 Å². The van der Waals surface area contributed by atoms with E-state index in [0.29, 0.717) is 6.42 Å². The lowest BCUT2D eigenvalue weighted by Gasteiger charge is -2.02. The van der Waals surface area contributed by atoms with Crippen LogP contribution in [-0.4, -0.2) is 21.2 Å². The number of aromatic amines is 1. The van der Waals surface area contributed by atoms with E-state index in [1.165, 1.54) is 0 Å². The number of rotatable bonds is 3. The summed E-state index contributed by atoms with van der Waals surface area (Å²) in [5.74, 6) is 0.856. The standard InChI is InChI=1S/C7H12N2O/c1-2-6(10)5-7-8-3-4-9-7/h3-4,6,10H,2,5H2,1H3,(H,8,9). The highest BCUT2D eigenvalue weighted by molar-refractivity contribution is 4.88. The number of nitrogens with zero attached hydrogens (tertiary/aromatic N) is 1. The summed E-state index contributed by atoms with van der Waals surface area (Å²) in [6.07, 6.45) is 4.60. The first-order valence-electron chi connectivity index (χ1n) is 3.49. The predicted octanol–water partition coefficient (Wildman–Crippen LogP) is 0.723. The summed E-state index contributed by atoms with van der Waals surface area (Å²) >= 11 is 0. The van der Waals surface area contributed by atoms with E-state index in [0.717, 1.165) is 12.2 Å². The number of hydrogen-bond donors (Lipinski definition) is 2. The second-order valence-electron chi connectivity index (χ2n) is 2.30. The van der Waals surface area contributed by atoms with Crippen LogP contribution >= 0.6 is 0 Å². The molecule has 0 spiro atoms. The molecular weight excluding hydrogens is 128 g/mol. The van der Waals surface area contributed by atoms with Gasteiger partial charge in [0.15, 0.2) is 0 Å². The Morgan fingerprint density at radius 1 is 1.80 bits per heavy atom. The van der Waals surface area contributed by atoms with Crippen LogP contribution in [0, 0.1) is 0 Å². The fraction of sp³-hybridized carbons (Fsp3) is 0.571. The van der Waals surface area contributed by atoms with Crippen molar-refractivity contribution >= 4 is 0 Å². The summed E-state index contributed by atoms with van der Waals surface area (Å²) in [7, 11) is 0. The lowest BCUT2D eigenvalue weighted by Crippen LogP contribution is -2.09. The van der Waals surface area contributed by atoms with Crippen LogP contribution in [0.1, 0.15) is 19.2 Å². The Morgan fingerprint density at radius 3 is 3.10 bits per heavy atom. The monoisotopic (exact) mass is 140 g/mol. The Bertz CT molecular complexity index is 172. The van der Waals surface area contributed by atoms with Crippen LogP contribution in [-0.2, 0) is 6.42 Å². The SMILES string of the molecule is CCC(O)Cc1ncc[nH]1. The Hall–Kier alpha value is -0.830. The lowest BCUT2D eigenvalue weighted by molar-refractivity contribution is 0.168. The summed E-state index contributed by atoms with van der Waals surface area (Å²) in [4.78, 5) is 6.92. The number of aliphatic hydroxyl groups is 1. The van der Waals surface area contributed by atoms with Gasteiger partial charge < -0.3 is 10.1 Å². The van der Waals surface area contributed by atoms with Gasteiger partial charge in [-0.05, 0) is 6.42 Å². The van der Waals surface area contributed by atoms with Gasteiger partial charge in [0.25, 0.3) is 0 Å². The van der Waals surface area contributed by atoms with Crippen LogP contribution in [0.15, 0.2) is 12.4 Å². The van der Waals surface area contributed by atoms with E-state index in [1.807, 2.05) is 6.92 Å². The molecule has 0 aromatic carbocycles. The molecule has 0 aliphatic carbocycles. The Balaban J connectivity index is 2.40. The maximum absolute atomic E-state index is 9.17. The van der Waals surface area contributed by atoms with Gasteiger partial charge in [0, 0.05) is 18.8 Å². The number of aliphatic hydroxyl groups excluding tert-OH is 1. The maximum Gasteiger partial charge on any atom is 0.108 e. The van der Waals surface area contributed by atoms with Crippen molar-refractivity contribution in [2.45, 2.75) is 25.9 Å². The van der Waals surface area contributed by atoms with Crippen LogP contribution in [0.3, 0.4) is 0 Å². The Morgan fingerprint density at radius 2 is 2.60 bits per heavy atom. The average Bonchev–Trinajstić information content (AvgIpc) is 2.40. The minimum atomic E-state index is -0.258. The molecule has 0 saturated heterocycles. The molecule has 0 saturated carbocycles. The highest BCUT2D eigenvalue weighted by Gasteiger charge is 2.02. The number of aromatic nitrogens is 2. The van der Waals surface area contributed by atoms with E-state index in [1.54, 1.807) is 12.4 Å². The van der Waals surface area contributed by atoms with Crippen LogP contribution < -0.4 is 0 Å². The first-order valence-corrected chi connectivity index (χ1v) is 3.49. The predicted molar refractivity (Wildman–Crippen MR) is 38.6 cm³/mol. The third-order valence-corrected chi connectivity index (χ3v) is 1.46. The number of hydrogen-bond acceptors (Lipinski definition) is 2. The van der Waals surface area contributed by atoms with Crippen molar-refractivity contribution in [3.05, 3.63) is 18.2 Å². The summed E-state index contributed by atoms with van der Waals surface area (Å²) in [5.41, 5.74) is 0. The Kier molecular flexibility index (Phi) is 2.45. The zero-order valence-corrected chi connectivity index (χ0v) is 6.04. The zero-order valence-electron chi connectivity index (χ0n) is 6.04. The molecular formula is C7H12N2O. The fourth-order valence-electron chi connectivity index (χ4n) is 0.777. The van der Waals surface area contributed by atoms with Crippen molar-refractivity contribution in [3.63, 3.8) is 0 Å². The van der Waals surface area contributed by atoms with E-state index in [-0.39, 0.29) is 6.10 Å². The lowest BCUT2D eigenvalue weighted by atomic mass is 10.2. The van der Waals surface area contributed by atoms with E-state index in [2.05, 4.69) is 9.97 Å². The molecule has 3 heteroatoms. The summed E-state index contributed by atoms with van der Waals surface area (Å²) in [6, 6.07) is 0. The van der Waals surface area contributed by atoms with E-state index in [9.17, 15) is 0 Å². The molecule has 0 aliphatic rings. The van der Waals surface area contributed by atoms with E-state index >= 15 is 0 Å². The molecule has 1 aromatic rings. The molecule has 0 radical (unpaired) electrons. The van der Waals surface area contributed by atoms with Crippen LogP contribution in [0.25, 0.3) is 0 Å². The first kappa shape index (κ1) is 7.28. The van der Waals surface area contributed by atoms with Crippen molar-refractivity contribution < 1.29 is 5.11 Å². The molecule has 0 fully saturated rings. The number of imidazole rings is 1. The molecule has 1 unspecified atom stereocenters. The molecule has 0 aliphatic heterocycles. The van der Waals surface area contributed by atoms with Crippen molar-refractivity contribution in [2.24, 2.45) is 0 Å². The fourth-order valence-corrected chi connectivity index (χ4v) is 0.777. The van der Waals surface area contributed by atoms with Crippen LogP contribution in [0.4, 0.5) is 0 Å². The molecule has 3 nitrogen and oxygen atoms in total. The maximum atomic E-state index is 9.17. The molecule has 0 bridgehead atoms. The normalized spacial score (nSPS) is 13.4. The highest BCUT2D eigenvalue weighted by Crippen LogP contribution is 1.98. The van der Waals surface area contributed by atoms with Gasteiger partial charge in [0.05, 0.1) is 6.10 Å². The zero-order chi connectivity index (χ0) is 7.40. The molecule has 1 heterocycles. The van der Waals surface area contributed by atoms with Gasteiger partial charge in [-0.1, -0.05) is 6.92 Å². The van der Waals surface area contributed by atoms with Gasteiger partial charge in [-0.2, -0.15) is 0 Å². The third kappa shape index (κ3) is 1.84. The molecule has 1 rings (SSSR count). The Labute approximate surface area is 60.1 Å². The second kappa shape index (κ2) is 3.37. The average molecular weight is 140 g/mol. The van der Waals surface area contributed by atoms with Gasteiger partial charge >= 0.3 is 0 Å².